The van der Waals surface area contributed by atoms with Gasteiger partial charge in [-0.25, -0.2) is 8.78 Å². The third-order valence-corrected chi connectivity index (χ3v) is 5.50. The van der Waals surface area contributed by atoms with E-state index >= 15 is 0 Å². The van der Waals surface area contributed by atoms with E-state index in [-0.39, 0.29) is 12.8 Å². The molecule has 0 amide bonds. The number of hydrogen-bond acceptors (Lipinski definition) is 2. The third kappa shape index (κ3) is 2.69. The van der Waals surface area contributed by atoms with Crippen LogP contribution in [0.3, 0.4) is 0 Å². The van der Waals surface area contributed by atoms with Crippen molar-refractivity contribution in [3.05, 3.63) is 50.4 Å². The lowest BCUT2D eigenvalue weighted by atomic mass is 10.0. The lowest BCUT2D eigenvalue weighted by molar-refractivity contribution is 0.0984. The quantitative estimate of drug-likeness (QED) is 0.507. The van der Waals surface area contributed by atoms with Gasteiger partial charge in [-0.15, -0.1) is 10.2 Å². The minimum Gasteiger partial charge on any atom is -0.285 e. The van der Waals surface area contributed by atoms with Crippen molar-refractivity contribution in [2.24, 2.45) is 5.92 Å². The van der Waals surface area contributed by atoms with E-state index in [4.69, 9.17) is 11.6 Å². The molecule has 0 saturated heterocycles. The van der Waals surface area contributed by atoms with Crippen LogP contribution in [0.4, 0.5) is 8.78 Å². The Balaban J connectivity index is 1.76. The second kappa shape index (κ2) is 5.62. The zero-order chi connectivity index (χ0) is 17.1. The van der Waals surface area contributed by atoms with Crippen LogP contribution in [0.15, 0.2) is 30.5 Å². The van der Waals surface area contributed by atoms with E-state index in [1.165, 1.54) is 0 Å². The molecule has 1 fully saturated rings. The summed E-state index contributed by atoms with van der Waals surface area (Å²) < 4.78 is 29.2. The Morgan fingerprint density at radius 2 is 2.04 bits per heavy atom. The molecular weight excluding hydrogens is 447 g/mol. The molecule has 1 aliphatic carbocycles. The van der Waals surface area contributed by atoms with Crippen LogP contribution >= 0.6 is 34.2 Å². The Kier molecular flexibility index (Phi) is 3.80. The van der Waals surface area contributed by atoms with Crippen molar-refractivity contribution >= 4 is 39.8 Å². The van der Waals surface area contributed by atoms with Gasteiger partial charge in [-0.3, -0.25) is 4.40 Å². The maximum absolute atomic E-state index is 13.1. The smallest absolute Gasteiger partial charge is 0.252 e. The molecule has 0 radical (unpaired) electrons. The second-order valence-electron chi connectivity index (χ2n) is 6.18. The highest BCUT2D eigenvalue weighted by molar-refractivity contribution is 14.1. The maximum atomic E-state index is 13.1. The Bertz CT molecular complexity index is 954. The van der Waals surface area contributed by atoms with Crippen molar-refractivity contribution < 1.29 is 8.78 Å². The van der Waals surface area contributed by atoms with Crippen LogP contribution in [0.2, 0.25) is 5.02 Å². The van der Waals surface area contributed by atoms with Crippen LogP contribution in [0.25, 0.3) is 16.8 Å². The third-order valence-electron chi connectivity index (χ3n) is 4.45. The molecule has 4 rings (SSSR count). The summed E-state index contributed by atoms with van der Waals surface area (Å²) in [7, 11) is 0. The summed E-state index contributed by atoms with van der Waals surface area (Å²) in [4.78, 5) is 0. The van der Waals surface area contributed by atoms with Crippen molar-refractivity contribution in [1.29, 1.82) is 0 Å². The number of halogens is 4. The lowest BCUT2D eigenvalue weighted by Crippen LogP contribution is -2.02. The molecule has 124 valence electrons. The van der Waals surface area contributed by atoms with Crippen molar-refractivity contribution in [3.63, 3.8) is 0 Å². The molecule has 2 heterocycles. The van der Waals surface area contributed by atoms with Crippen LogP contribution in [0.5, 0.6) is 0 Å². The summed E-state index contributed by atoms with van der Waals surface area (Å²) >= 11 is 8.80. The molecule has 7 heteroatoms. The van der Waals surface area contributed by atoms with Gasteiger partial charge in [-0.1, -0.05) is 17.7 Å². The van der Waals surface area contributed by atoms with Gasteiger partial charge in [0.25, 0.3) is 5.92 Å². The molecule has 1 aromatic carbocycles. The van der Waals surface area contributed by atoms with Crippen LogP contribution < -0.4 is 0 Å². The number of pyridine rings is 1. The van der Waals surface area contributed by atoms with Gasteiger partial charge in [0.2, 0.25) is 0 Å². The second-order valence-corrected chi connectivity index (χ2v) is 7.80. The fourth-order valence-electron chi connectivity index (χ4n) is 2.96. The molecule has 0 aliphatic heterocycles. The first-order valence-electron chi connectivity index (χ1n) is 7.53. The van der Waals surface area contributed by atoms with Crippen LogP contribution in [0, 0.1) is 16.4 Å². The number of alkyl halides is 2. The van der Waals surface area contributed by atoms with Gasteiger partial charge >= 0.3 is 0 Å². The molecular formula is C17H13ClF2IN3. The predicted octanol–water partition coefficient (Wildman–Crippen LogP) is 5.16. The van der Waals surface area contributed by atoms with E-state index in [2.05, 4.69) is 38.9 Å². The molecule has 0 bridgehead atoms. The van der Waals surface area contributed by atoms with Crippen molar-refractivity contribution in [3.8, 4) is 11.1 Å². The summed E-state index contributed by atoms with van der Waals surface area (Å²) in [5.41, 5.74) is 3.52. The van der Waals surface area contributed by atoms with E-state index in [9.17, 15) is 8.78 Å². The van der Waals surface area contributed by atoms with Crippen LogP contribution in [0.1, 0.15) is 17.8 Å². The monoisotopic (exact) mass is 459 g/mol. The molecule has 2 aromatic heterocycles. The van der Waals surface area contributed by atoms with Gasteiger partial charge < -0.3 is 0 Å². The van der Waals surface area contributed by atoms with Gasteiger partial charge in [0.15, 0.2) is 5.65 Å². The molecule has 3 aromatic rings. The van der Waals surface area contributed by atoms with Crippen molar-refractivity contribution in [2.75, 3.05) is 0 Å². The Morgan fingerprint density at radius 1 is 1.29 bits per heavy atom. The molecule has 1 aliphatic rings. The zero-order valence-corrected chi connectivity index (χ0v) is 15.6. The number of fused-ring (bicyclic) bond motifs is 1. The number of nitrogens with zero attached hydrogens (tertiary/aromatic N) is 3. The van der Waals surface area contributed by atoms with E-state index in [0.29, 0.717) is 16.5 Å². The fraction of sp³-hybridized carbons (Fsp3) is 0.294. The van der Waals surface area contributed by atoms with Gasteiger partial charge in [0.1, 0.15) is 5.82 Å². The topological polar surface area (TPSA) is 30.2 Å². The molecule has 3 nitrogen and oxygen atoms in total. The summed E-state index contributed by atoms with van der Waals surface area (Å²) in [6.45, 7) is 2.03. The van der Waals surface area contributed by atoms with E-state index in [0.717, 1.165) is 20.3 Å². The van der Waals surface area contributed by atoms with Crippen LogP contribution in [-0.2, 0) is 6.42 Å². The summed E-state index contributed by atoms with van der Waals surface area (Å²) in [5, 5.41) is 8.67. The normalized spacial score (nSPS) is 19.0. The first-order valence-corrected chi connectivity index (χ1v) is 8.99. The minimum atomic E-state index is -2.56. The molecule has 1 unspecified atom stereocenters. The number of rotatable bonds is 3. The number of hydrogen-bond donors (Lipinski definition) is 0. The largest absolute Gasteiger partial charge is 0.285 e. The molecule has 24 heavy (non-hydrogen) atoms. The summed E-state index contributed by atoms with van der Waals surface area (Å²) in [6, 6.07) is 8.02. The summed E-state index contributed by atoms with van der Waals surface area (Å²) in [5.74, 6) is -2.67. The fourth-order valence-corrected chi connectivity index (χ4v) is 3.90. The maximum Gasteiger partial charge on any atom is 0.252 e. The van der Waals surface area contributed by atoms with E-state index in [1.807, 2.05) is 31.3 Å². The standard InChI is InChI=1S/C17H13ClF2IN3/c1-9-6-11(21)2-3-12(9)13-4-5-24-14(7-10-8-17(10,19)20)22-23-16(24)15(13)18/h2-6,10H,7-8H2,1H3. The first-order chi connectivity index (χ1) is 11.4. The van der Waals surface area contributed by atoms with Crippen molar-refractivity contribution in [2.45, 2.75) is 25.7 Å². The average molecular weight is 460 g/mol. The first kappa shape index (κ1) is 16.2. The highest BCUT2D eigenvalue weighted by Crippen LogP contribution is 2.50. The molecule has 0 spiro atoms. The molecule has 1 saturated carbocycles. The zero-order valence-electron chi connectivity index (χ0n) is 12.7. The number of aryl methyl sites for hydroxylation is 1. The van der Waals surface area contributed by atoms with Crippen LogP contribution in [-0.4, -0.2) is 20.5 Å². The Hall–Kier alpha value is -1.28. The lowest BCUT2D eigenvalue weighted by Gasteiger charge is -2.10. The SMILES string of the molecule is Cc1cc(I)ccc1-c1ccn2c(CC3CC3(F)F)nnc2c1Cl. The average Bonchev–Trinajstić information content (AvgIpc) is 2.91. The van der Waals surface area contributed by atoms with Gasteiger partial charge in [-0.05, 0) is 58.8 Å². The highest BCUT2D eigenvalue weighted by atomic mass is 127. The van der Waals surface area contributed by atoms with Gasteiger partial charge in [0, 0.05) is 34.1 Å². The predicted molar refractivity (Wildman–Crippen MR) is 97.6 cm³/mol. The molecule has 0 N–H and O–H groups in total. The van der Waals surface area contributed by atoms with Gasteiger partial charge in [0.05, 0.1) is 5.02 Å². The highest BCUT2D eigenvalue weighted by Gasteiger charge is 2.56. The number of aromatic nitrogens is 3. The van der Waals surface area contributed by atoms with Crippen molar-refractivity contribution in [1.82, 2.24) is 14.6 Å². The minimum absolute atomic E-state index is 0.0738. The van der Waals surface area contributed by atoms with E-state index < -0.39 is 11.8 Å². The summed E-state index contributed by atoms with van der Waals surface area (Å²) in [6.07, 6.45) is 1.95. The Morgan fingerprint density at radius 3 is 2.71 bits per heavy atom. The molecule has 1 atom stereocenters. The Labute approximate surface area is 156 Å². The number of benzene rings is 1. The van der Waals surface area contributed by atoms with E-state index in [1.54, 1.807) is 4.40 Å². The van der Waals surface area contributed by atoms with Gasteiger partial charge in [-0.2, -0.15) is 0 Å².